The first-order valence-corrected chi connectivity index (χ1v) is 7.85. The van der Waals surface area contributed by atoms with Gasteiger partial charge in [-0.3, -0.25) is 4.79 Å². The van der Waals surface area contributed by atoms with Gasteiger partial charge in [-0.1, -0.05) is 0 Å². The third-order valence-corrected chi connectivity index (χ3v) is 4.38. The van der Waals surface area contributed by atoms with Gasteiger partial charge in [0.2, 0.25) is 5.91 Å². The van der Waals surface area contributed by atoms with Crippen LogP contribution in [0.25, 0.3) is 0 Å². The summed E-state index contributed by atoms with van der Waals surface area (Å²) >= 11 is 0. The fourth-order valence-corrected chi connectivity index (χ4v) is 3.20. The smallest absolute Gasteiger partial charge is 0.485 e. The average molecular weight is 360 g/mol. The molecule has 138 valence electrons. The Hall–Kier alpha value is -2.00. The molecule has 2 aliphatic rings. The van der Waals surface area contributed by atoms with Crippen LogP contribution in [0.2, 0.25) is 0 Å². The highest BCUT2D eigenvalue weighted by Crippen LogP contribution is 2.44. The van der Waals surface area contributed by atoms with Gasteiger partial charge in [0, 0.05) is 18.7 Å². The van der Waals surface area contributed by atoms with Crippen LogP contribution in [0.3, 0.4) is 0 Å². The number of piperazine rings is 1. The minimum atomic E-state index is -4.83. The van der Waals surface area contributed by atoms with Crippen molar-refractivity contribution in [3.05, 3.63) is 23.8 Å². The molecule has 2 aliphatic heterocycles. The molecular weight excluding hydrogens is 341 g/mol. The number of carbonyl (C=O) groups excluding carboxylic acids is 1. The van der Waals surface area contributed by atoms with Gasteiger partial charge in [-0.25, -0.2) is 0 Å². The van der Waals surface area contributed by atoms with E-state index in [4.69, 9.17) is 4.74 Å². The number of amides is 1. The van der Waals surface area contributed by atoms with E-state index in [1.165, 1.54) is 17.0 Å². The molecule has 2 N–H and O–H groups in total. The lowest BCUT2D eigenvalue weighted by Crippen LogP contribution is -2.58. The Morgan fingerprint density at radius 2 is 2.12 bits per heavy atom. The summed E-state index contributed by atoms with van der Waals surface area (Å²) in [6, 6.07) is 2.87. The average Bonchev–Trinajstić information content (AvgIpc) is 2.49. The molecule has 0 spiro atoms. The van der Waals surface area contributed by atoms with Gasteiger partial charge >= 0.3 is 6.36 Å². The largest absolute Gasteiger partial charge is 0.573 e. The first-order valence-electron chi connectivity index (χ1n) is 7.85. The van der Waals surface area contributed by atoms with E-state index in [-0.39, 0.29) is 12.5 Å². The van der Waals surface area contributed by atoms with Crippen LogP contribution in [0.1, 0.15) is 25.5 Å². The van der Waals surface area contributed by atoms with Gasteiger partial charge < -0.3 is 24.8 Å². The van der Waals surface area contributed by atoms with Crippen LogP contribution >= 0.6 is 0 Å². The number of fused-ring (bicyclic) bond motifs is 1. The van der Waals surface area contributed by atoms with Crippen molar-refractivity contribution >= 4 is 5.91 Å². The normalized spacial score (nSPS) is 26.0. The molecule has 2 atom stereocenters. The zero-order valence-electron chi connectivity index (χ0n) is 13.8. The van der Waals surface area contributed by atoms with Crippen molar-refractivity contribution in [1.82, 2.24) is 10.2 Å². The highest BCUT2D eigenvalue weighted by atomic mass is 19.4. The molecule has 1 amide bonds. The fraction of sp³-hybridized carbons (Fsp3) is 0.562. The summed E-state index contributed by atoms with van der Waals surface area (Å²) in [6.07, 6.45) is -5.94. The molecule has 0 radical (unpaired) electrons. The quantitative estimate of drug-likeness (QED) is 0.838. The van der Waals surface area contributed by atoms with Gasteiger partial charge in [-0.15, -0.1) is 13.2 Å². The predicted molar refractivity (Wildman–Crippen MR) is 81.2 cm³/mol. The third-order valence-electron chi connectivity index (χ3n) is 4.38. The van der Waals surface area contributed by atoms with Crippen molar-refractivity contribution in [1.29, 1.82) is 0 Å². The summed E-state index contributed by atoms with van der Waals surface area (Å²) in [7, 11) is 0. The number of nitrogens with one attached hydrogen (secondary N) is 1. The van der Waals surface area contributed by atoms with Crippen molar-refractivity contribution < 1.29 is 32.5 Å². The van der Waals surface area contributed by atoms with Crippen LogP contribution in [0, 0.1) is 0 Å². The Kier molecular flexibility index (Phi) is 4.32. The number of hydrogen-bond donors (Lipinski definition) is 2. The molecule has 0 bridgehead atoms. The van der Waals surface area contributed by atoms with E-state index in [0.717, 1.165) is 6.07 Å². The third kappa shape index (κ3) is 3.52. The maximum Gasteiger partial charge on any atom is 0.573 e. The minimum Gasteiger partial charge on any atom is -0.485 e. The second kappa shape index (κ2) is 6.06. The van der Waals surface area contributed by atoms with E-state index in [0.29, 0.717) is 24.4 Å². The van der Waals surface area contributed by atoms with Gasteiger partial charge in [0.25, 0.3) is 0 Å². The maximum atomic E-state index is 12.5. The Labute approximate surface area is 142 Å². The molecule has 25 heavy (non-hydrogen) atoms. The van der Waals surface area contributed by atoms with Crippen molar-refractivity contribution in [3.8, 4) is 11.5 Å². The second-order valence-corrected chi connectivity index (χ2v) is 6.61. The first-order chi connectivity index (χ1) is 11.6. The molecule has 0 aliphatic carbocycles. The number of hydrogen-bond acceptors (Lipinski definition) is 5. The fourth-order valence-electron chi connectivity index (χ4n) is 3.20. The van der Waals surface area contributed by atoms with Gasteiger partial charge in [-0.2, -0.15) is 0 Å². The van der Waals surface area contributed by atoms with Gasteiger partial charge in [0.05, 0.1) is 12.6 Å². The number of alkyl halides is 3. The van der Waals surface area contributed by atoms with Crippen molar-refractivity contribution in [3.63, 3.8) is 0 Å². The monoisotopic (exact) mass is 360 g/mol. The van der Waals surface area contributed by atoms with Crippen molar-refractivity contribution in [2.24, 2.45) is 0 Å². The molecule has 9 heteroatoms. The van der Waals surface area contributed by atoms with Crippen molar-refractivity contribution in [2.75, 3.05) is 19.6 Å². The highest BCUT2D eigenvalue weighted by Gasteiger charge is 2.47. The summed E-state index contributed by atoms with van der Waals surface area (Å²) in [5.41, 5.74) is -0.710. The first kappa shape index (κ1) is 17.8. The number of benzene rings is 1. The Morgan fingerprint density at radius 1 is 1.40 bits per heavy atom. The standard InChI is InChI=1S/C16H19F3N2O4/c1-15(2)14(23)13(21-6-5-20-8-12(21)22)10-7-9(24-16(17,18)19)3-4-11(10)25-15/h3-4,7,13-14,20,23H,5-6,8H2,1-2H3. The number of carbonyl (C=O) groups is 1. The molecule has 1 aromatic rings. The van der Waals surface area contributed by atoms with Gasteiger partial charge in [-0.05, 0) is 32.0 Å². The molecule has 2 heterocycles. The molecule has 0 saturated carbocycles. The summed E-state index contributed by atoms with van der Waals surface area (Å²) < 4.78 is 47.2. The minimum absolute atomic E-state index is 0.110. The van der Waals surface area contributed by atoms with Gasteiger partial charge in [0.1, 0.15) is 23.2 Å². The SMILES string of the molecule is CC1(C)Oc2ccc(OC(F)(F)F)cc2C(N2CCNCC2=O)C1O. The second-order valence-electron chi connectivity index (χ2n) is 6.61. The maximum absolute atomic E-state index is 12.5. The van der Waals surface area contributed by atoms with Gasteiger partial charge in [0.15, 0.2) is 0 Å². The van der Waals surface area contributed by atoms with E-state index in [2.05, 4.69) is 10.1 Å². The van der Waals surface area contributed by atoms with Crippen LogP contribution in [0.4, 0.5) is 13.2 Å². The number of ether oxygens (including phenoxy) is 2. The molecule has 1 fully saturated rings. The van der Waals surface area contributed by atoms with Crippen molar-refractivity contribution in [2.45, 2.75) is 38.0 Å². The lowest BCUT2D eigenvalue weighted by Gasteiger charge is -2.47. The number of aliphatic hydroxyl groups excluding tert-OH is 1. The number of halogens is 3. The number of rotatable bonds is 2. The summed E-state index contributed by atoms with van der Waals surface area (Å²) in [5, 5.41) is 13.7. The summed E-state index contributed by atoms with van der Waals surface area (Å²) in [6.45, 7) is 4.31. The Morgan fingerprint density at radius 3 is 2.76 bits per heavy atom. The van der Waals surface area contributed by atoms with Crippen LogP contribution < -0.4 is 14.8 Å². The summed E-state index contributed by atoms with van der Waals surface area (Å²) in [4.78, 5) is 13.7. The van der Waals surface area contributed by atoms with E-state index in [1.54, 1.807) is 13.8 Å². The zero-order chi connectivity index (χ0) is 18.4. The number of nitrogens with zero attached hydrogens (tertiary/aromatic N) is 1. The van der Waals surface area contributed by atoms with E-state index in [9.17, 15) is 23.1 Å². The lowest BCUT2D eigenvalue weighted by molar-refractivity contribution is -0.274. The highest BCUT2D eigenvalue weighted by molar-refractivity contribution is 5.80. The topological polar surface area (TPSA) is 71.0 Å². The van der Waals surface area contributed by atoms with E-state index >= 15 is 0 Å². The lowest BCUT2D eigenvalue weighted by atomic mass is 9.85. The molecule has 0 aromatic heterocycles. The predicted octanol–water partition coefficient (Wildman–Crippen LogP) is 1.59. The summed E-state index contributed by atoms with van der Waals surface area (Å²) in [5.74, 6) is -0.336. The molecule has 3 rings (SSSR count). The Bertz CT molecular complexity index is 678. The molecular formula is C16H19F3N2O4. The number of aliphatic hydroxyl groups is 1. The van der Waals surface area contributed by atoms with Crippen LogP contribution in [-0.2, 0) is 4.79 Å². The van der Waals surface area contributed by atoms with E-state index in [1.807, 2.05) is 0 Å². The molecule has 1 saturated heterocycles. The Balaban J connectivity index is 2.04. The van der Waals surface area contributed by atoms with E-state index < -0.39 is 29.9 Å². The molecule has 1 aromatic carbocycles. The van der Waals surface area contributed by atoms with Crippen LogP contribution in [0.5, 0.6) is 11.5 Å². The molecule has 2 unspecified atom stereocenters. The van der Waals surface area contributed by atoms with Crippen LogP contribution in [0.15, 0.2) is 18.2 Å². The van der Waals surface area contributed by atoms with Crippen LogP contribution in [-0.4, -0.2) is 53.6 Å². The zero-order valence-corrected chi connectivity index (χ0v) is 13.8. The molecule has 6 nitrogen and oxygen atoms in total.